The van der Waals surface area contributed by atoms with E-state index in [1.54, 1.807) is 37.4 Å². The first-order valence-electron chi connectivity index (χ1n) is 9.17. The molecule has 30 heavy (non-hydrogen) atoms. The van der Waals surface area contributed by atoms with E-state index in [2.05, 4.69) is 20.6 Å². The van der Waals surface area contributed by atoms with Crippen molar-refractivity contribution < 1.29 is 13.9 Å². The largest absolute Gasteiger partial charge is 0.383 e. The molecule has 2 aromatic carbocycles. The van der Waals surface area contributed by atoms with E-state index in [9.17, 15) is 9.18 Å². The van der Waals surface area contributed by atoms with Gasteiger partial charge in [-0.25, -0.2) is 19.1 Å². The topological polar surface area (TPSA) is 79.4 Å². The number of urea groups is 1. The number of nitrogens with zero attached hydrogens (tertiary/aromatic N) is 3. The summed E-state index contributed by atoms with van der Waals surface area (Å²) in [4.78, 5) is 23.1. The number of carbonyl (C=O) groups excluding carboxylic acids is 1. The first-order chi connectivity index (χ1) is 14.5. The molecule has 1 atom stereocenters. The van der Waals surface area contributed by atoms with E-state index < -0.39 is 11.8 Å². The van der Waals surface area contributed by atoms with Gasteiger partial charge in [-0.3, -0.25) is 0 Å². The number of benzene rings is 2. The highest BCUT2D eigenvalue weighted by Crippen LogP contribution is 2.27. The first kappa shape index (κ1) is 21.5. The van der Waals surface area contributed by atoms with Crippen LogP contribution in [0, 0.1) is 5.82 Å². The Labute approximate surface area is 178 Å². The van der Waals surface area contributed by atoms with E-state index >= 15 is 0 Å². The minimum atomic E-state index is -0.510. The molecule has 0 radical (unpaired) electrons. The number of rotatable bonds is 7. The number of carbonyl (C=O) groups is 1. The van der Waals surface area contributed by atoms with Gasteiger partial charge in [0.25, 0.3) is 0 Å². The van der Waals surface area contributed by atoms with Crippen LogP contribution in [0.2, 0.25) is 5.02 Å². The van der Waals surface area contributed by atoms with Gasteiger partial charge in [0.2, 0.25) is 5.95 Å². The Balaban J connectivity index is 1.95. The van der Waals surface area contributed by atoms with Crippen LogP contribution in [-0.2, 0) is 4.74 Å². The molecule has 9 heteroatoms. The van der Waals surface area contributed by atoms with Gasteiger partial charge in [-0.15, -0.1) is 0 Å². The number of hydrogen-bond donors (Lipinski definition) is 2. The summed E-state index contributed by atoms with van der Waals surface area (Å²) in [5.74, 6) is 0.214. The molecule has 1 aromatic heterocycles. The van der Waals surface area contributed by atoms with E-state index in [0.29, 0.717) is 34.8 Å². The lowest BCUT2D eigenvalue weighted by molar-refractivity contribution is 0.190. The predicted molar refractivity (Wildman–Crippen MR) is 116 cm³/mol. The second-order valence-corrected chi connectivity index (χ2v) is 6.87. The second kappa shape index (κ2) is 10.00. The maximum atomic E-state index is 13.4. The van der Waals surface area contributed by atoms with Crippen molar-refractivity contribution in [2.45, 2.75) is 13.0 Å². The molecular formula is C21H21ClFN5O2. The summed E-state index contributed by atoms with van der Waals surface area (Å²) in [7, 11) is 1.60. The zero-order valence-electron chi connectivity index (χ0n) is 16.5. The number of hydrogen-bond acceptors (Lipinski definition) is 5. The van der Waals surface area contributed by atoms with Gasteiger partial charge in [0, 0.05) is 25.4 Å². The fraction of sp³-hybridized carbons (Fsp3) is 0.190. The lowest BCUT2D eigenvalue weighted by Crippen LogP contribution is -2.32. The number of methoxy groups -OCH3 is 1. The zero-order valence-corrected chi connectivity index (χ0v) is 17.2. The minimum Gasteiger partial charge on any atom is -0.383 e. The molecule has 0 aliphatic rings. The average Bonchev–Trinajstić information content (AvgIpc) is 2.72. The first-order valence-corrected chi connectivity index (χ1v) is 9.55. The van der Waals surface area contributed by atoms with Crippen LogP contribution in [0.15, 0.2) is 60.8 Å². The Kier molecular flexibility index (Phi) is 7.16. The molecule has 0 bridgehead atoms. The van der Waals surface area contributed by atoms with Gasteiger partial charge in [0.05, 0.1) is 23.0 Å². The molecule has 1 heterocycles. The van der Waals surface area contributed by atoms with Crippen LogP contribution >= 0.6 is 11.6 Å². The third-order valence-corrected chi connectivity index (χ3v) is 4.40. The van der Waals surface area contributed by atoms with Gasteiger partial charge in [0.1, 0.15) is 11.6 Å². The molecule has 3 rings (SSSR count). The number of anilines is 4. The van der Waals surface area contributed by atoms with Crippen molar-refractivity contribution in [1.29, 1.82) is 0 Å². The summed E-state index contributed by atoms with van der Waals surface area (Å²) in [6.07, 6.45) is 1.53. The SMILES string of the molecule is COCC(C)Nc1nccc(N(C(=O)Nc2ccccc2Cl)c2ccc(F)cc2)n1. The third kappa shape index (κ3) is 5.43. The molecule has 0 aliphatic carbocycles. The number of amides is 2. The molecule has 7 nitrogen and oxygen atoms in total. The predicted octanol–water partition coefficient (Wildman–Crippen LogP) is 5.09. The maximum absolute atomic E-state index is 13.4. The van der Waals surface area contributed by atoms with E-state index in [-0.39, 0.29) is 6.04 Å². The van der Waals surface area contributed by atoms with Crippen LogP contribution in [0.25, 0.3) is 0 Å². The van der Waals surface area contributed by atoms with E-state index in [4.69, 9.17) is 16.3 Å². The van der Waals surface area contributed by atoms with Gasteiger partial charge in [-0.1, -0.05) is 23.7 Å². The van der Waals surface area contributed by atoms with E-state index in [0.717, 1.165) is 0 Å². The summed E-state index contributed by atoms with van der Waals surface area (Å²) >= 11 is 6.17. The summed E-state index contributed by atoms with van der Waals surface area (Å²) < 4.78 is 18.6. The molecule has 0 spiro atoms. The lowest BCUT2D eigenvalue weighted by atomic mass is 10.2. The Morgan fingerprint density at radius 3 is 2.63 bits per heavy atom. The van der Waals surface area contributed by atoms with Crippen molar-refractivity contribution in [1.82, 2.24) is 9.97 Å². The molecule has 0 saturated carbocycles. The van der Waals surface area contributed by atoms with Gasteiger partial charge in [0.15, 0.2) is 0 Å². The van der Waals surface area contributed by atoms with Crippen LogP contribution in [0.5, 0.6) is 0 Å². The fourth-order valence-electron chi connectivity index (χ4n) is 2.73. The summed E-state index contributed by atoms with van der Waals surface area (Å²) in [5, 5.41) is 6.26. The molecule has 156 valence electrons. The Bertz CT molecular complexity index is 1000. The third-order valence-electron chi connectivity index (χ3n) is 4.07. The summed E-state index contributed by atoms with van der Waals surface area (Å²) in [5.41, 5.74) is 0.868. The Hall–Kier alpha value is -3.23. The number of para-hydroxylation sites is 1. The van der Waals surface area contributed by atoms with Gasteiger partial charge >= 0.3 is 6.03 Å². The highest BCUT2D eigenvalue weighted by atomic mass is 35.5. The van der Waals surface area contributed by atoms with Crippen molar-refractivity contribution in [2.75, 3.05) is 29.3 Å². The molecule has 2 N–H and O–H groups in total. The van der Waals surface area contributed by atoms with Crippen LogP contribution in [0.4, 0.5) is 32.3 Å². The molecule has 0 fully saturated rings. The molecular weight excluding hydrogens is 409 g/mol. The molecule has 0 saturated heterocycles. The van der Waals surface area contributed by atoms with Crippen molar-refractivity contribution in [3.8, 4) is 0 Å². The van der Waals surface area contributed by atoms with Crippen LogP contribution in [-0.4, -0.2) is 35.8 Å². The molecule has 0 aliphatic heterocycles. The number of aromatic nitrogens is 2. The fourth-order valence-corrected chi connectivity index (χ4v) is 2.92. The van der Waals surface area contributed by atoms with Crippen molar-refractivity contribution in [3.63, 3.8) is 0 Å². The molecule has 2 amide bonds. The zero-order chi connectivity index (χ0) is 21.5. The van der Waals surface area contributed by atoms with Crippen molar-refractivity contribution in [3.05, 3.63) is 71.6 Å². The number of nitrogens with one attached hydrogen (secondary N) is 2. The number of ether oxygens (including phenoxy) is 1. The Morgan fingerprint density at radius 2 is 1.93 bits per heavy atom. The van der Waals surface area contributed by atoms with Gasteiger partial charge in [-0.05, 0) is 43.3 Å². The molecule has 1 unspecified atom stereocenters. The normalized spacial score (nSPS) is 11.6. The minimum absolute atomic E-state index is 0.0403. The smallest absolute Gasteiger partial charge is 0.332 e. The second-order valence-electron chi connectivity index (χ2n) is 6.46. The lowest BCUT2D eigenvalue weighted by Gasteiger charge is -2.23. The summed E-state index contributed by atoms with van der Waals surface area (Å²) in [6, 6.07) is 13.4. The van der Waals surface area contributed by atoms with Crippen LogP contribution in [0.1, 0.15) is 6.92 Å². The van der Waals surface area contributed by atoms with Crippen LogP contribution < -0.4 is 15.5 Å². The van der Waals surface area contributed by atoms with Crippen molar-refractivity contribution in [2.24, 2.45) is 0 Å². The highest BCUT2D eigenvalue weighted by molar-refractivity contribution is 6.33. The average molecular weight is 430 g/mol. The summed E-state index contributed by atoms with van der Waals surface area (Å²) in [6.45, 7) is 2.38. The quantitative estimate of drug-likeness (QED) is 0.547. The van der Waals surface area contributed by atoms with Gasteiger partial charge < -0.3 is 15.4 Å². The molecule has 3 aromatic rings. The van der Waals surface area contributed by atoms with Crippen LogP contribution in [0.3, 0.4) is 0 Å². The maximum Gasteiger partial charge on any atom is 0.332 e. The van der Waals surface area contributed by atoms with E-state index in [1.807, 2.05) is 6.92 Å². The van der Waals surface area contributed by atoms with E-state index in [1.165, 1.54) is 35.4 Å². The highest BCUT2D eigenvalue weighted by Gasteiger charge is 2.21. The Morgan fingerprint density at radius 1 is 1.20 bits per heavy atom. The number of halogens is 2. The standard InChI is InChI=1S/C21H21ClFN5O2/c1-14(13-30-2)25-20-24-12-11-19(27-20)28(16-9-7-15(23)8-10-16)21(29)26-18-6-4-3-5-17(18)22/h3-12,14H,13H2,1-2H3,(H,26,29)(H,24,25,27). The monoisotopic (exact) mass is 429 g/mol. The van der Waals surface area contributed by atoms with Crippen molar-refractivity contribution >= 4 is 40.8 Å². The van der Waals surface area contributed by atoms with Gasteiger partial charge in [-0.2, -0.15) is 4.98 Å².